The van der Waals surface area contributed by atoms with Gasteiger partial charge in [-0.15, -0.1) is 0 Å². The number of aryl methyl sites for hydroxylation is 1. The number of aromatic nitrogens is 2. The Morgan fingerprint density at radius 1 is 1.37 bits per heavy atom. The first-order valence-corrected chi connectivity index (χ1v) is 7.44. The van der Waals surface area contributed by atoms with Gasteiger partial charge in [0.2, 0.25) is 10.0 Å². The van der Waals surface area contributed by atoms with E-state index in [-0.39, 0.29) is 4.90 Å². The molecule has 2 rings (SSSR count). The fourth-order valence-electron chi connectivity index (χ4n) is 1.77. The highest BCUT2D eigenvalue weighted by Gasteiger charge is 2.14. The summed E-state index contributed by atoms with van der Waals surface area (Å²) in [5.41, 5.74) is 1.59. The first-order chi connectivity index (χ1) is 8.90. The summed E-state index contributed by atoms with van der Waals surface area (Å²) >= 11 is 0. The van der Waals surface area contributed by atoms with Crippen molar-refractivity contribution in [3.8, 4) is 0 Å². The van der Waals surface area contributed by atoms with E-state index in [2.05, 4.69) is 9.71 Å². The molecule has 0 saturated carbocycles. The summed E-state index contributed by atoms with van der Waals surface area (Å²) in [6.45, 7) is 1.04. The molecule has 0 fully saturated rings. The van der Waals surface area contributed by atoms with Crippen molar-refractivity contribution >= 4 is 21.1 Å². The van der Waals surface area contributed by atoms with Gasteiger partial charge in [0.25, 0.3) is 0 Å². The molecule has 1 aromatic carbocycles. The van der Waals surface area contributed by atoms with Gasteiger partial charge in [-0.3, -0.25) is 0 Å². The van der Waals surface area contributed by atoms with E-state index < -0.39 is 10.0 Å². The highest BCUT2D eigenvalue weighted by atomic mass is 32.2. The van der Waals surface area contributed by atoms with Crippen LogP contribution in [0, 0.1) is 0 Å². The minimum absolute atomic E-state index is 0.248. The molecule has 104 valence electrons. The lowest BCUT2D eigenvalue weighted by Gasteiger charge is -2.11. The van der Waals surface area contributed by atoms with E-state index in [1.54, 1.807) is 24.5 Å². The van der Waals surface area contributed by atoms with E-state index in [4.69, 9.17) is 0 Å². The van der Waals surface area contributed by atoms with E-state index in [1.807, 2.05) is 30.6 Å². The molecule has 0 aliphatic heterocycles. The van der Waals surface area contributed by atoms with Gasteiger partial charge in [0.15, 0.2) is 0 Å². The standard InChI is InChI=1S/C12H18N4O2S/c1-15(2)7-6-14-19(17,18)10-4-5-12-11(8-10)13-9-16(12)3/h4-5,8-9,14H,6-7H2,1-3H3. The molecule has 0 aliphatic rings. The summed E-state index contributed by atoms with van der Waals surface area (Å²) < 4.78 is 28.6. The first kappa shape index (κ1) is 14.0. The third kappa shape index (κ3) is 3.12. The zero-order valence-corrected chi connectivity index (χ0v) is 12.1. The number of imidazole rings is 1. The molecule has 0 amide bonds. The molecule has 19 heavy (non-hydrogen) atoms. The van der Waals surface area contributed by atoms with Gasteiger partial charge < -0.3 is 9.47 Å². The number of hydrogen-bond acceptors (Lipinski definition) is 4. The molecule has 0 saturated heterocycles. The fourth-order valence-corrected chi connectivity index (χ4v) is 2.81. The van der Waals surface area contributed by atoms with E-state index >= 15 is 0 Å². The van der Waals surface area contributed by atoms with Crippen LogP contribution in [0.5, 0.6) is 0 Å². The maximum atomic E-state index is 12.1. The molecule has 7 heteroatoms. The Kier molecular flexibility index (Phi) is 3.88. The predicted molar refractivity (Wildman–Crippen MR) is 74.5 cm³/mol. The largest absolute Gasteiger partial charge is 0.334 e. The van der Waals surface area contributed by atoms with Crippen LogP contribution in [0.1, 0.15) is 0 Å². The number of nitrogens with zero attached hydrogens (tertiary/aromatic N) is 3. The Hall–Kier alpha value is -1.44. The van der Waals surface area contributed by atoms with Crippen molar-refractivity contribution in [2.75, 3.05) is 27.2 Å². The monoisotopic (exact) mass is 282 g/mol. The van der Waals surface area contributed by atoms with Crippen LogP contribution in [-0.4, -0.2) is 50.1 Å². The second-order valence-electron chi connectivity index (χ2n) is 4.71. The van der Waals surface area contributed by atoms with Crippen molar-refractivity contribution in [1.82, 2.24) is 19.2 Å². The summed E-state index contributed by atoms with van der Waals surface area (Å²) in [4.78, 5) is 6.33. The van der Waals surface area contributed by atoms with Crippen LogP contribution in [0.15, 0.2) is 29.4 Å². The molecule has 0 aliphatic carbocycles. The Morgan fingerprint density at radius 2 is 2.11 bits per heavy atom. The summed E-state index contributed by atoms with van der Waals surface area (Å²) in [7, 11) is 2.20. The molecular weight excluding hydrogens is 264 g/mol. The summed E-state index contributed by atoms with van der Waals surface area (Å²) in [6.07, 6.45) is 1.67. The van der Waals surface area contributed by atoms with E-state index in [0.29, 0.717) is 18.6 Å². The summed E-state index contributed by atoms with van der Waals surface area (Å²) in [6, 6.07) is 4.96. The van der Waals surface area contributed by atoms with Gasteiger partial charge in [-0.2, -0.15) is 0 Å². The van der Waals surface area contributed by atoms with Crippen molar-refractivity contribution in [3.63, 3.8) is 0 Å². The highest BCUT2D eigenvalue weighted by molar-refractivity contribution is 7.89. The Bertz CT molecular complexity index is 676. The van der Waals surface area contributed by atoms with Crippen LogP contribution >= 0.6 is 0 Å². The van der Waals surface area contributed by atoms with E-state index in [0.717, 1.165) is 5.52 Å². The summed E-state index contributed by atoms with van der Waals surface area (Å²) in [5.74, 6) is 0. The van der Waals surface area contributed by atoms with Gasteiger partial charge in [-0.25, -0.2) is 18.1 Å². The van der Waals surface area contributed by atoms with Crippen LogP contribution in [0.4, 0.5) is 0 Å². The molecule has 0 radical (unpaired) electrons. The molecule has 0 spiro atoms. The Morgan fingerprint density at radius 3 is 2.79 bits per heavy atom. The number of likely N-dealkylation sites (N-methyl/N-ethyl adjacent to an activating group) is 1. The number of nitrogens with one attached hydrogen (secondary N) is 1. The normalized spacial score (nSPS) is 12.4. The molecular formula is C12H18N4O2S. The predicted octanol–water partition coefficient (Wildman–Crippen LogP) is 0.413. The smallest absolute Gasteiger partial charge is 0.240 e. The van der Waals surface area contributed by atoms with Gasteiger partial charge in [0.1, 0.15) is 0 Å². The zero-order valence-electron chi connectivity index (χ0n) is 11.3. The number of hydrogen-bond donors (Lipinski definition) is 1. The van der Waals surface area contributed by atoms with Crippen LogP contribution in [0.2, 0.25) is 0 Å². The third-order valence-electron chi connectivity index (χ3n) is 2.86. The van der Waals surface area contributed by atoms with Gasteiger partial charge in [0.05, 0.1) is 22.3 Å². The van der Waals surface area contributed by atoms with Crippen LogP contribution in [-0.2, 0) is 17.1 Å². The molecule has 0 bridgehead atoms. The van der Waals surface area contributed by atoms with Gasteiger partial charge in [-0.1, -0.05) is 0 Å². The van der Waals surface area contributed by atoms with Crippen LogP contribution < -0.4 is 4.72 Å². The lowest BCUT2D eigenvalue weighted by molar-refractivity contribution is 0.412. The Labute approximate surface area is 113 Å². The van der Waals surface area contributed by atoms with Gasteiger partial charge >= 0.3 is 0 Å². The minimum Gasteiger partial charge on any atom is -0.334 e. The fraction of sp³-hybridized carbons (Fsp3) is 0.417. The lowest BCUT2D eigenvalue weighted by Crippen LogP contribution is -2.31. The minimum atomic E-state index is -3.46. The number of sulfonamides is 1. The van der Waals surface area contributed by atoms with Gasteiger partial charge in [0, 0.05) is 20.1 Å². The Balaban J connectivity index is 2.22. The maximum absolute atomic E-state index is 12.1. The lowest BCUT2D eigenvalue weighted by atomic mass is 10.3. The van der Waals surface area contributed by atoms with Crippen molar-refractivity contribution in [1.29, 1.82) is 0 Å². The number of benzene rings is 1. The SMILES string of the molecule is CN(C)CCNS(=O)(=O)c1ccc2c(c1)ncn2C. The second kappa shape index (κ2) is 5.28. The van der Waals surface area contributed by atoms with Crippen LogP contribution in [0.3, 0.4) is 0 Å². The van der Waals surface area contributed by atoms with Crippen LogP contribution in [0.25, 0.3) is 11.0 Å². The van der Waals surface area contributed by atoms with Crippen molar-refractivity contribution in [2.45, 2.75) is 4.90 Å². The average Bonchev–Trinajstić information content (AvgIpc) is 2.70. The zero-order chi connectivity index (χ0) is 14.0. The number of fused-ring (bicyclic) bond motifs is 1. The third-order valence-corrected chi connectivity index (χ3v) is 4.32. The molecule has 0 atom stereocenters. The highest BCUT2D eigenvalue weighted by Crippen LogP contribution is 2.17. The molecule has 6 nitrogen and oxygen atoms in total. The maximum Gasteiger partial charge on any atom is 0.240 e. The molecule has 1 heterocycles. The molecule has 1 N–H and O–H groups in total. The molecule has 0 unspecified atom stereocenters. The topological polar surface area (TPSA) is 67.2 Å². The second-order valence-corrected chi connectivity index (χ2v) is 6.47. The quantitative estimate of drug-likeness (QED) is 0.862. The van der Waals surface area contributed by atoms with Crippen molar-refractivity contribution in [2.24, 2.45) is 7.05 Å². The number of rotatable bonds is 5. The average molecular weight is 282 g/mol. The first-order valence-electron chi connectivity index (χ1n) is 5.95. The van der Waals surface area contributed by atoms with Gasteiger partial charge in [-0.05, 0) is 32.3 Å². The van der Waals surface area contributed by atoms with Crippen molar-refractivity contribution < 1.29 is 8.42 Å². The molecule has 1 aromatic heterocycles. The van der Waals surface area contributed by atoms with E-state index in [9.17, 15) is 8.42 Å². The van der Waals surface area contributed by atoms with E-state index in [1.165, 1.54) is 0 Å². The molecule has 2 aromatic rings. The summed E-state index contributed by atoms with van der Waals surface area (Å²) in [5, 5.41) is 0. The van der Waals surface area contributed by atoms with Crippen molar-refractivity contribution in [3.05, 3.63) is 24.5 Å².